The Labute approximate surface area is 175 Å². The molecule has 2 N–H and O–H groups in total. The summed E-state index contributed by atoms with van der Waals surface area (Å²) in [5.41, 5.74) is 7.01. The molecule has 156 valence electrons. The third-order valence-electron chi connectivity index (χ3n) is 5.06. The Morgan fingerprint density at radius 1 is 0.967 bits per heavy atom. The van der Waals surface area contributed by atoms with Crippen molar-refractivity contribution in [1.29, 1.82) is 0 Å². The first-order valence-electron chi connectivity index (χ1n) is 9.52. The minimum absolute atomic E-state index is 0.206. The standard InChI is InChI=1S/C21H18ClF3N4O/c22-12-6-8-13(9-7-12)29-17-5-3-1-2-4-14(17)20(28-29)21(30)27-26-16-11-10-15(23)18(24)19(16)25/h6-11,26H,1-5H2,(H,27,30). The van der Waals surface area contributed by atoms with E-state index >= 15 is 0 Å². The highest BCUT2D eigenvalue weighted by molar-refractivity contribution is 6.30. The van der Waals surface area contributed by atoms with Crippen LogP contribution < -0.4 is 10.9 Å². The largest absolute Gasteiger partial charge is 0.295 e. The van der Waals surface area contributed by atoms with E-state index in [1.54, 1.807) is 16.8 Å². The fourth-order valence-corrected chi connectivity index (χ4v) is 3.69. The number of hydrogen-bond acceptors (Lipinski definition) is 3. The number of anilines is 1. The number of aromatic nitrogens is 2. The van der Waals surface area contributed by atoms with Crippen LogP contribution in [0.3, 0.4) is 0 Å². The van der Waals surface area contributed by atoms with Gasteiger partial charge in [-0.25, -0.2) is 17.9 Å². The number of halogens is 4. The zero-order valence-electron chi connectivity index (χ0n) is 15.8. The average molecular weight is 435 g/mol. The number of nitrogens with zero attached hydrogens (tertiary/aromatic N) is 2. The molecule has 1 aromatic heterocycles. The molecular weight excluding hydrogens is 417 g/mol. The summed E-state index contributed by atoms with van der Waals surface area (Å²) in [4.78, 5) is 12.8. The molecule has 0 bridgehead atoms. The molecule has 1 heterocycles. The lowest BCUT2D eigenvalue weighted by Crippen LogP contribution is -2.31. The summed E-state index contributed by atoms with van der Waals surface area (Å²) >= 11 is 5.97. The fraction of sp³-hybridized carbons (Fsp3) is 0.238. The van der Waals surface area contributed by atoms with Crippen LogP contribution in [-0.2, 0) is 12.8 Å². The molecule has 30 heavy (non-hydrogen) atoms. The van der Waals surface area contributed by atoms with Gasteiger partial charge in [-0.2, -0.15) is 5.10 Å². The van der Waals surface area contributed by atoms with E-state index in [0.717, 1.165) is 54.8 Å². The van der Waals surface area contributed by atoms with Gasteiger partial charge in [0.05, 0.1) is 11.4 Å². The molecule has 0 atom stereocenters. The number of fused-ring (bicyclic) bond motifs is 1. The van der Waals surface area contributed by atoms with Gasteiger partial charge < -0.3 is 0 Å². The number of amides is 1. The van der Waals surface area contributed by atoms with Crippen molar-refractivity contribution < 1.29 is 18.0 Å². The number of nitrogens with one attached hydrogen (secondary N) is 2. The molecule has 0 fully saturated rings. The summed E-state index contributed by atoms with van der Waals surface area (Å²) in [5, 5.41) is 5.08. The predicted octanol–water partition coefficient (Wildman–Crippen LogP) is 4.97. The number of carbonyl (C=O) groups is 1. The molecular formula is C21H18ClF3N4O. The van der Waals surface area contributed by atoms with Crippen molar-refractivity contribution in [1.82, 2.24) is 15.2 Å². The molecule has 3 aromatic rings. The van der Waals surface area contributed by atoms with Crippen LogP contribution in [0.4, 0.5) is 18.9 Å². The van der Waals surface area contributed by atoms with Crippen LogP contribution in [0.25, 0.3) is 5.69 Å². The van der Waals surface area contributed by atoms with E-state index in [-0.39, 0.29) is 11.4 Å². The van der Waals surface area contributed by atoms with Gasteiger partial charge in [0.25, 0.3) is 5.91 Å². The summed E-state index contributed by atoms with van der Waals surface area (Å²) in [7, 11) is 0. The molecule has 0 spiro atoms. The van der Waals surface area contributed by atoms with Gasteiger partial charge in [-0.15, -0.1) is 0 Å². The molecule has 1 amide bonds. The van der Waals surface area contributed by atoms with Gasteiger partial charge in [-0.05, 0) is 62.1 Å². The lowest BCUT2D eigenvalue weighted by molar-refractivity contribution is 0.0956. The molecule has 1 aliphatic carbocycles. The molecule has 4 rings (SSSR count). The van der Waals surface area contributed by atoms with Crippen molar-refractivity contribution in [3.05, 3.63) is 75.8 Å². The van der Waals surface area contributed by atoms with E-state index < -0.39 is 23.4 Å². The van der Waals surface area contributed by atoms with Gasteiger partial charge in [0.1, 0.15) is 0 Å². The SMILES string of the molecule is O=C(NNc1ccc(F)c(F)c1F)c1nn(-c2ccc(Cl)cc2)c2c1CCCCC2. The van der Waals surface area contributed by atoms with Crippen LogP contribution in [0.1, 0.15) is 41.0 Å². The van der Waals surface area contributed by atoms with E-state index in [4.69, 9.17) is 11.6 Å². The Bertz CT molecular complexity index is 1100. The van der Waals surface area contributed by atoms with Crippen LogP contribution in [0, 0.1) is 17.5 Å². The lowest BCUT2D eigenvalue weighted by Gasteiger charge is -2.09. The quantitative estimate of drug-likeness (QED) is 0.346. The third-order valence-corrected chi connectivity index (χ3v) is 5.31. The molecule has 0 saturated carbocycles. The number of hydrazine groups is 1. The topological polar surface area (TPSA) is 59.0 Å². The smallest absolute Gasteiger partial charge is 0.290 e. The lowest BCUT2D eigenvalue weighted by atomic mass is 10.1. The Kier molecular flexibility index (Phi) is 5.67. The molecule has 0 aliphatic heterocycles. The highest BCUT2D eigenvalue weighted by Crippen LogP contribution is 2.27. The van der Waals surface area contributed by atoms with Crippen LogP contribution in [0.15, 0.2) is 36.4 Å². The second kappa shape index (κ2) is 8.39. The highest BCUT2D eigenvalue weighted by Gasteiger charge is 2.25. The number of benzene rings is 2. The summed E-state index contributed by atoms with van der Waals surface area (Å²) in [6, 6.07) is 8.90. The maximum absolute atomic E-state index is 13.8. The Balaban J connectivity index is 1.64. The normalized spacial score (nSPS) is 13.5. The Morgan fingerprint density at radius 2 is 1.70 bits per heavy atom. The van der Waals surface area contributed by atoms with Gasteiger partial charge in [0, 0.05) is 16.3 Å². The number of carbonyl (C=O) groups excluding carboxylic acids is 1. The van der Waals surface area contributed by atoms with Crippen LogP contribution in [0.5, 0.6) is 0 Å². The van der Waals surface area contributed by atoms with E-state index in [1.807, 2.05) is 12.1 Å². The zero-order valence-corrected chi connectivity index (χ0v) is 16.6. The zero-order chi connectivity index (χ0) is 21.3. The average Bonchev–Trinajstić information content (AvgIpc) is 2.93. The number of rotatable bonds is 4. The molecule has 9 heteroatoms. The van der Waals surface area contributed by atoms with E-state index in [0.29, 0.717) is 11.4 Å². The minimum atomic E-state index is -1.62. The monoisotopic (exact) mass is 434 g/mol. The van der Waals surface area contributed by atoms with Crippen molar-refractivity contribution in [3.8, 4) is 5.69 Å². The maximum Gasteiger partial charge on any atom is 0.290 e. The Morgan fingerprint density at radius 3 is 2.47 bits per heavy atom. The summed E-state index contributed by atoms with van der Waals surface area (Å²) in [6.45, 7) is 0. The minimum Gasteiger partial charge on any atom is -0.295 e. The van der Waals surface area contributed by atoms with Crippen molar-refractivity contribution in [2.24, 2.45) is 0 Å². The van der Waals surface area contributed by atoms with Crippen molar-refractivity contribution >= 4 is 23.2 Å². The van der Waals surface area contributed by atoms with Gasteiger partial charge in [0.2, 0.25) is 0 Å². The van der Waals surface area contributed by atoms with E-state index in [2.05, 4.69) is 16.0 Å². The van der Waals surface area contributed by atoms with E-state index in [9.17, 15) is 18.0 Å². The van der Waals surface area contributed by atoms with Crippen LogP contribution in [-0.4, -0.2) is 15.7 Å². The van der Waals surface area contributed by atoms with Gasteiger partial charge >= 0.3 is 0 Å². The maximum atomic E-state index is 13.8. The van der Waals surface area contributed by atoms with Crippen LogP contribution >= 0.6 is 11.6 Å². The summed E-state index contributed by atoms with van der Waals surface area (Å²) < 4.78 is 42.1. The summed E-state index contributed by atoms with van der Waals surface area (Å²) in [5.74, 6) is -4.93. The second-order valence-corrected chi connectivity index (χ2v) is 7.46. The molecule has 0 unspecified atom stereocenters. The van der Waals surface area contributed by atoms with Crippen molar-refractivity contribution in [2.75, 3.05) is 5.43 Å². The first-order valence-corrected chi connectivity index (χ1v) is 9.90. The second-order valence-electron chi connectivity index (χ2n) is 7.02. The fourth-order valence-electron chi connectivity index (χ4n) is 3.56. The van der Waals surface area contributed by atoms with Crippen molar-refractivity contribution in [3.63, 3.8) is 0 Å². The van der Waals surface area contributed by atoms with Gasteiger partial charge in [-0.1, -0.05) is 18.0 Å². The van der Waals surface area contributed by atoms with Crippen molar-refractivity contribution in [2.45, 2.75) is 32.1 Å². The van der Waals surface area contributed by atoms with Gasteiger partial charge in [0.15, 0.2) is 23.1 Å². The predicted molar refractivity (Wildman–Crippen MR) is 107 cm³/mol. The first-order chi connectivity index (χ1) is 14.5. The molecule has 0 saturated heterocycles. The highest BCUT2D eigenvalue weighted by atomic mass is 35.5. The Hall–Kier alpha value is -3.00. The molecule has 1 aliphatic rings. The molecule has 2 aromatic carbocycles. The molecule has 5 nitrogen and oxygen atoms in total. The molecule has 0 radical (unpaired) electrons. The number of hydrogen-bond donors (Lipinski definition) is 2. The van der Waals surface area contributed by atoms with Crippen LogP contribution in [0.2, 0.25) is 5.02 Å². The third kappa shape index (κ3) is 3.87. The summed E-state index contributed by atoms with van der Waals surface area (Å²) in [6.07, 6.45) is 4.39. The van der Waals surface area contributed by atoms with Gasteiger partial charge in [-0.3, -0.25) is 15.6 Å². The first kappa shape index (κ1) is 20.3. The van der Waals surface area contributed by atoms with E-state index in [1.165, 1.54) is 0 Å².